The van der Waals surface area contributed by atoms with Crippen molar-refractivity contribution in [3.8, 4) is 11.8 Å². The quantitative estimate of drug-likeness (QED) is 0.135. The fourth-order valence-corrected chi connectivity index (χ4v) is 6.54. The lowest BCUT2D eigenvalue weighted by molar-refractivity contribution is 0.121. The third-order valence-corrected chi connectivity index (χ3v) is 9.18. The van der Waals surface area contributed by atoms with E-state index in [0.717, 1.165) is 38.8 Å². The Balaban J connectivity index is 1.37. The third kappa shape index (κ3) is 5.44. The molecule has 1 fully saturated rings. The van der Waals surface area contributed by atoms with Crippen LogP contribution >= 0.6 is 23.1 Å². The number of aliphatic hydroxyl groups is 1. The number of aromatic nitrogens is 2. The van der Waals surface area contributed by atoms with Gasteiger partial charge in [0, 0.05) is 6.20 Å². The number of amides is 1. The highest BCUT2D eigenvalue weighted by molar-refractivity contribution is 8.04. The monoisotopic (exact) mass is 557 g/mol. The van der Waals surface area contributed by atoms with Crippen molar-refractivity contribution in [2.24, 2.45) is 5.41 Å². The number of allylic oxidation sites excluding steroid dienone is 1. The number of anilines is 1. The van der Waals surface area contributed by atoms with Gasteiger partial charge in [-0.2, -0.15) is 0 Å². The van der Waals surface area contributed by atoms with Crippen LogP contribution in [0.25, 0.3) is 11.1 Å². The molecule has 1 aliphatic carbocycles. The lowest BCUT2D eigenvalue weighted by atomic mass is 10.1. The zero-order valence-corrected chi connectivity index (χ0v) is 23.5. The third-order valence-electron chi connectivity index (χ3n) is 6.69. The molecular weight excluding hydrogens is 530 g/mol. The number of nitrogens with one attached hydrogen (secondary N) is 1. The van der Waals surface area contributed by atoms with Crippen molar-refractivity contribution in [2.75, 3.05) is 5.32 Å². The number of pyridine rings is 1. The molecule has 7 nitrogen and oxygen atoms in total. The van der Waals surface area contributed by atoms with E-state index < -0.39 is 17.6 Å². The van der Waals surface area contributed by atoms with Crippen LogP contribution in [0.4, 0.5) is 10.5 Å². The summed E-state index contributed by atoms with van der Waals surface area (Å²) in [6.45, 7) is 13.6. The Morgan fingerprint density at radius 1 is 1.23 bits per heavy atom. The van der Waals surface area contributed by atoms with Gasteiger partial charge in [-0.3, -0.25) is 5.32 Å². The number of rotatable bonds is 7. The zero-order chi connectivity index (χ0) is 27.7. The van der Waals surface area contributed by atoms with Crippen LogP contribution in [0.1, 0.15) is 53.5 Å². The van der Waals surface area contributed by atoms with Gasteiger partial charge in [-0.05, 0) is 73.6 Å². The number of hydrogen-bond acceptors (Lipinski definition) is 8. The Kier molecular flexibility index (Phi) is 7.25. The maximum atomic E-state index is 12.9. The summed E-state index contributed by atoms with van der Waals surface area (Å²) in [6.07, 6.45) is 2.24. The standard InChI is InChI=1S/C30H27N3O4S2/c1-17-9-6-7-10-22(17)19(3)36-29(35)33-26-23-11-8-16-31-27(23)37-24(26)12-13-25-32-18(2)28(39-25)38-21(5)30(14-15-30)20(4)34/h6-11,16,19,34H,4-5,14-15H2,1-3H3,(H,33,35). The van der Waals surface area contributed by atoms with Crippen molar-refractivity contribution in [3.63, 3.8) is 0 Å². The van der Waals surface area contributed by atoms with E-state index in [2.05, 4.69) is 40.3 Å². The van der Waals surface area contributed by atoms with Gasteiger partial charge < -0.3 is 14.3 Å². The summed E-state index contributed by atoms with van der Waals surface area (Å²) in [5, 5.41) is 14.0. The van der Waals surface area contributed by atoms with E-state index in [-0.39, 0.29) is 11.5 Å². The number of fused-ring (bicyclic) bond motifs is 1. The summed E-state index contributed by atoms with van der Waals surface area (Å²) in [5.41, 5.74) is 3.13. The molecule has 0 spiro atoms. The highest BCUT2D eigenvalue weighted by atomic mass is 32.2. The average molecular weight is 558 g/mol. The van der Waals surface area contributed by atoms with Crippen molar-refractivity contribution in [2.45, 2.75) is 43.9 Å². The largest absolute Gasteiger partial charge is 0.512 e. The number of thiazole rings is 1. The Morgan fingerprint density at radius 3 is 2.72 bits per heavy atom. The number of carbonyl (C=O) groups excluding carboxylic acids is 1. The van der Waals surface area contributed by atoms with E-state index in [1.54, 1.807) is 18.3 Å². The SMILES string of the molecule is C=C(O)C1(C(=C)Sc2sc(C#Cc3oc4ncccc4c3NC(=O)OC(C)c3ccccc3C)nc2C)CC1. The molecule has 0 bridgehead atoms. The lowest BCUT2D eigenvalue weighted by Crippen LogP contribution is -2.16. The van der Waals surface area contributed by atoms with Crippen molar-refractivity contribution >= 4 is 46.0 Å². The van der Waals surface area contributed by atoms with Gasteiger partial charge in [-0.15, -0.1) is 0 Å². The van der Waals surface area contributed by atoms with Crippen molar-refractivity contribution < 1.29 is 19.1 Å². The Hall–Kier alpha value is -4.00. The van der Waals surface area contributed by atoms with Crippen molar-refractivity contribution in [3.05, 3.63) is 94.0 Å². The van der Waals surface area contributed by atoms with Crippen LogP contribution in [-0.4, -0.2) is 21.2 Å². The van der Waals surface area contributed by atoms with Crippen LogP contribution in [0.15, 0.2) is 75.0 Å². The predicted molar refractivity (Wildman–Crippen MR) is 155 cm³/mol. The number of hydrogen-bond donors (Lipinski definition) is 2. The van der Waals surface area contributed by atoms with Gasteiger partial charge in [-0.1, -0.05) is 60.5 Å². The average Bonchev–Trinajstić information content (AvgIpc) is 3.56. The molecule has 5 rings (SSSR count). The minimum Gasteiger partial charge on any atom is -0.512 e. The van der Waals surface area contributed by atoms with Gasteiger partial charge in [0.25, 0.3) is 0 Å². The number of aryl methyl sites for hydroxylation is 2. The molecule has 1 amide bonds. The van der Waals surface area contributed by atoms with Crippen LogP contribution in [0.3, 0.4) is 0 Å². The first kappa shape index (κ1) is 26.6. The van der Waals surface area contributed by atoms with Crippen LogP contribution in [0.2, 0.25) is 0 Å². The van der Waals surface area contributed by atoms with Gasteiger partial charge >= 0.3 is 6.09 Å². The summed E-state index contributed by atoms with van der Waals surface area (Å²) >= 11 is 2.93. The molecule has 1 unspecified atom stereocenters. The van der Waals surface area contributed by atoms with Gasteiger partial charge in [0.05, 0.1) is 26.5 Å². The summed E-state index contributed by atoms with van der Waals surface area (Å²) in [5.74, 6) is 6.48. The number of benzene rings is 1. The molecule has 1 saturated carbocycles. The predicted octanol–water partition coefficient (Wildman–Crippen LogP) is 8.07. The van der Waals surface area contributed by atoms with Crippen LogP contribution in [-0.2, 0) is 4.74 Å². The highest BCUT2D eigenvalue weighted by Gasteiger charge is 2.49. The maximum absolute atomic E-state index is 12.9. The molecule has 39 heavy (non-hydrogen) atoms. The number of ether oxygens (including phenoxy) is 1. The fourth-order valence-electron chi connectivity index (χ4n) is 4.25. The molecule has 0 saturated heterocycles. The molecular formula is C30H27N3O4S2. The highest BCUT2D eigenvalue weighted by Crippen LogP contribution is 2.60. The van der Waals surface area contributed by atoms with Gasteiger partial charge in [0.2, 0.25) is 11.5 Å². The minimum atomic E-state index is -0.623. The maximum Gasteiger partial charge on any atom is 0.412 e. The summed E-state index contributed by atoms with van der Waals surface area (Å²) < 4.78 is 12.5. The van der Waals surface area contributed by atoms with Crippen molar-refractivity contribution in [1.82, 2.24) is 9.97 Å². The van der Waals surface area contributed by atoms with Gasteiger partial charge in [0.15, 0.2) is 5.01 Å². The fraction of sp³-hybridized carbons (Fsp3) is 0.233. The number of carbonyl (C=O) groups is 1. The number of aliphatic hydroxyl groups excluding tert-OH is 1. The molecule has 4 aromatic rings. The number of nitrogens with zero attached hydrogens (tertiary/aromatic N) is 2. The van der Waals surface area contributed by atoms with E-state index in [0.29, 0.717) is 21.8 Å². The Bertz CT molecular complexity index is 1670. The molecule has 2 N–H and O–H groups in total. The van der Waals surface area contributed by atoms with E-state index in [1.165, 1.54) is 23.1 Å². The zero-order valence-electron chi connectivity index (χ0n) is 21.8. The van der Waals surface area contributed by atoms with Crippen LogP contribution in [0, 0.1) is 31.1 Å². The van der Waals surface area contributed by atoms with E-state index in [9.17, 15) is 9.90 Å². The van der Waals surface area contributed by atoms with Gasteiger partial charge in [-0.25, -0.2) is 14.8 Å². The van der Waals surface area contributed by atoms with E-state index >= 15 is 0 Å². The molecule has 0 radical (unpaired) electrons. The normalized spacial score (nSPS) is 14.2. The Labute approximate surface area is 235 Å². The van der Waals surface area contributed by atoms with Crippen LogP contribution < -0.4 is 5.32 Å². The summed E-state index contributed by atoms with van der Waals surface area (Å²) in [4.78, 5) is 22.6. The minimum absolute atomic E-state index is 0.160. The number of thioether (sulfide) groups is 1. The van der Waals surface area contributed by atoms with Gasteiger partial charge in [0.1, 0.15) is 11.8 Å². The Morgan fingerprint density at radius 2 is 2.00 bits per heavy atom. The smallest absolute Gasteiger partial charge is 0.412 e. The first-order valence-electron chi connectivity index (χ1n) is 12.3. The first-order chi connectivity index (χ1) is 18.7. The number of furan rings is 1. The molecule has 1 aliphatic rings. The molecule has 1 atom stereocenters. The molecule has 1 aromatic carbocycles. The molecule has 3 aromatic heterocycles. The molecule has 9 heteroatoms. The second kappa shape index (κ2) is 10.6. The summed E-state index contributed by atoms with van der Waals surface area (Å²) in [6, 6.07) is 11.3. The van der Waals surface area contributed by atoms with Crippen LogP contribution in [0.5, 0.6) is 0 Å². The second-order valence-corrected chi connectivity index (χ2v) is 11.8. The summed E-state index contributed by atoms with van der Waals surface area (Å²) in [7, 11) is 0. The van der Waals surface area contributed by atoms with E-state index in [1.807, 2.05) is 45.0 Å². The topological polar surface area (TPSA) is 97.5 Å². The van der Waals surface area contributed by atoms with Crippen molar-refractivity contribution in [1.29, 1.82) is 0 Å². The first-order valence-corrected chi connectivity index (χ1v) is 14.0. The molecule has 0 aliphatic heterocycles. The molecule has 3 heterocycles. The molecule has 198 valence electrons. The van der Waals surface area contributed by atoms with E-state index in [4.69, 9.17) is 9.15 Å². The second-order valence-electron chi connectivity index (χ2n) is 9.39. The lowest BCUT2D eigenvalue weighted by Gasteiger charge is -2.16.